The van der Waals surface area contributed by atoms with Gasteiger partial charge in [0.2, 0.25) is 5.91 Å². The Morgan fingerprint density at radius 1 is 1.20 bits per heavy atom. The molecule has 4 aromatic rings. The van der Waals surface area contributed by atoms with Crippen molar-refractivity contribution in [2.75, 3.05) is 12.4 Å². The minimum Gasteiger partial charge on any atom is -0.495 e. The molecule has 0 spiro atoms. The summed E-state index contributed by atoms with van der Waals surface area (Å²) >= 11 is 9.46. The number of halogens is 2. The van der Waals surface area contributed by atoms with E-state index in [-0.39, 0.29) is 6.54 Å². The van der Waals surface area contributed by atoms with Gasteiger partial charge in [-0.2, -0.15) is 10.2 Å². The molecule has 2 heterocycles. The molecular weight excluding hydrogens is 474 g/mol. The van der Waals surface area contributed by atoms with Gasteiger partial charge in [0.1, 0.15) is 24.1 Å². The fourth-order valence-electron chi connectivity index (χ4n) is 2.89. The molecule has 30 heavy (non-hydrogen) atoms. The third kappa shape index (κ3) is 4.07. The van der Waals surface area contributed by atoms with E-state index in [0.717, 1.165) is 14.7 Å². The Morgan fingerprint density at radius 3 is 2.67 bits per heavy atom. The number of fused-ring (bicyclic) bond motifs is 1. The van der Waals surface area contributed by atoms with E-state index < -0.39 is 11.5 Å². The van der Waals surface area contributed by atoms with Crippen LogP contribution in [0.2, 0.25) is 5.02 Å². The van der Waals surface area contributed by atoms with Gasteiger partial charge >= 0.3 is 0 Å². The van der Waals surface area contributed by atoms with Gasteiger partial charge < -0.3 is 10.1 Å². The first kappa shape index (κ1) is 20.1. The van der Waals surface area contributed by atoms with Crippen molar-refractivity contribution < 1.29 is 9.53 Å². The number of nitrogens with zero attached hydrogens (tertiary/aromatic N) is 4. The summed E-state index contributed by atoms with van der Waals surface area (Å²) in [5.41, 5.74) is 1.89. The number of ether oxygens (including phenoxy) is 1. The summed E-state index contributed by atoms with van der Waals surface area (Å²) in [6.45, 7) is -0.252. The maximum Gasteiger partial charge on any atom is 0.293 e. The molecule has 1 amide bonds. The average Bonchev–Trinajstić information content (AvgIpc) is 3.16. The lowest BCUT2D eigenvalue weighted by Gasteiger charge is -2.08. The van der Waals surface area contributed by atoms with E-state index in [1.54, 1.807) is 24.3 Å². The van der Waals surface area contributed by atoms with Crippen LogP contribution in [-0.2, 0) is 11.3 Å². The topological polar surface area (TPSA) is 90.5 Å². The van der Waals surface area contributed by atoms with Crippen molar-refractivity contribution in [3.8, 4) is 17.0 Å². The van der Waals surface area contributed by atoms with Crippen LogP contribution in [0.1, 0.15) is 0 Å². The number of anilines is 1. The quantitative estimate of drug-likeness (QED) is 0.463. The van der Waals surface area contributed by atoms with Crippen molar-refractivity contribution in [2.24, 2.45) is 0 Å². The number of nitrogens with one attached hydrogen (secondary N) is 1. The number of carbonyl (C=O) groups is 1. The van der Waals surface area contributed by atoms with E-state index in [2.05, 4.69) is 31.4 Å². The van der Waals surface area contributed by atoms with E-state index in [1.807, 2.05) is 24.3 Å². The molecule has 4 rings (SSSR count). The summed E-state index contributed by atoms with van der Waals surface area (Å²) in [5.74, 6) is 0.0862. The normalized spacial score (nSPS) is 10.9. The number of benzene rings is 2. The van der Waals surface area contributed by atoms with Gasteiger partial charge in [0.25, 0.3) is 5.56 Å². The third-order valence-electron chi connectivity index (χ3n) is 4.36. The van der Waals surface area contributed by atoms with Gasteiger partial charge in [0.05, 0.1) is 17.8 Å². The van der Waals surface area contributed by atoms with Crippen LogP contribution in [0, 0.1) is 0 Å². The lowest BCUT2D eigenvalue weighted by molar-refractivity contribution is -0.117. The van der Waals surface area contributed by atoms with Crippen molar-refractivity contribution in [3.63, 3.8) is 0 Å². The molecule has 8 nitrogen and oxygen atoms in total. The van der Waals surface area contributed by atoms with E-state index in [0.29, 0.717) is 27.7 Å². The van der Waals surface area contributed by atoms with Gasteiger partial charge in [0, 0.05) is 15.7 Å². The molecule has 152 valence electrons. The highest BCUT2D eigenvalue weighted by Crippen LogP contribution is 2.27. The molecule has 2 aromatic carbocycles. The van der Waals surface area contributed by atoms with Gasteiger partial charge in [-0.25, -0.2) is 9.20 Å². The minimum absolute atomic E-state index is 0.252. The number of carbonyl (C=O) groups excluding carboxylic acids is 1. The van der Waals surface area contributed by atoms with Gasteiger partial charge in [-0.1, -0.05) is 39.7 Å². The summed E-state index contributed by atoms with van der Waals surface area (Å²) in [4.78, 5) is 25.1. The summed E-state index contributed by atoms with van der Waals surface area (Å²) < 4.78 is 8.52. The lowest BCUT2D eigenvalue weighted by Crippen LogP contribution is -2.30. The van der Waals surface area contributed by atoms with Crippen molar-refractivity contribution >= 4 is 44.6 Å². The number of hydrogen-bond acceptors (Lipinski definition) is 5. The lowest BCUT2D eigenvalue weighted by atomic mass is 10.1. The number of aromatic nitrogens is 4. The van der Waals surface area contributed by atoms with Crippen molar-refractivity contribution in [1.29, 1.82) is 0 Å². The van der Waals surface area contributed by atoms with E-state index in [1.165, 1.54) is 18.0 Å². The molecule has 10 heteroatoms. The van der Waals surface area contributed by atoms with Crippen LogP contribution >= 0.6 is 27.5 Å². The van der Waals surface area contributed by atoms with Crippen LogP contribution in [-0.4, -0.2) is 32.4 Å². The highest BCUT2D eigenvalue weighted by Gasteiger charge is 2.13. The minimum atomic E-state index is -0.420. The summed E-state index contributed by atoms with van der Waals surface area (Å²) in [6.07, 6.45) is 1.40. The molecule has 0 fully saturated rings. The first-order chi connectivity index (χ1) is 14.4. The molecule has 2 aromatic heterocycles. The fraction of sp³-hybridized carbons (Fsp3) is 0.100. The van der Waals surface area contributed by atoms with Gasteiger partial charge in [-0.05, 0) is 36.4 Å². The Bertz CT molecular complexity index is 1300. The molecule has 0 atom stereocenters. The zero-order valence-corrected chi connectivity index (χ0v) is 18.0. The first-order valence-electron chi connectivity index (χ1n) is 8.79. The summed E-state index contributed by atoms with van der Waals surface area (Å²) in [7, 11) is 1.51. The first-order valence-corrected chi connectivity index (χ1v) is 9.96. The molecule has 0 aliphatic heterocycles. The van der Waals surface area contributed by atoms with E-state index in [9.17, 15) is 9.59 Å². The highest BCUT2D eigenvalue weighted by molar-refractivity contribution is 9.10. The number of rotatable bonds is 5. The number of methoxy groups -OCH3 is 1. The molecule has 0 radical (unpaired) electrons. The van der Waals surface area contributed by atoms with Crippen LogP contribution in [0.15, 0.2) is 64.1 Å². The molecular formula is C20H15BrClN5O3. The molecule has 0 aliphatic carbocycles. The number of hydrogen-bond donors (Lipinski definition) is 1. The van der Waals surface area contributed by atoms with Gasteiger partial charge in [0.15, 0.2) is 0 Å². The molecule has 0 bridgehead atoms. The van der Waals surface area contributed by atoms with Crippen molar-refractivity contribution in [2.45, 2.75) is 6.54 Å². The second kappa shape index (κ2) is 8.29. The highest BCUT2D eigenvalue weighted by atomic mass is 79.9. The molecule has 0 unspecified atom stereocenters. The van der Waals surface area contributed by atoms with Crippen LogP contribution in [0.3, 0.4) is 0 Å². The smallest absolute Gasteiger partial charge is 0.293 e. The second-order valence-corrected chi connectivity index (χ2v) is 7.68. The number of amides is 1. The van der Waals surface area contributed by atoms with Crippen molar-refractivity contribution in [3.05, 3.63) is 74.7 Å². The zero-order chi connectivity index (χ0) is 21.3. The van der Waals surface area contributed by atoms with Gasteiger partial charge in [-0.3, -0.25) is 9.59 Å². The molecule has 1 N–H and O–H groups in total. The monoisotopic (exact) mass is 487 g/mol. The molecule has 0 saturated heterocycles. The Kier molecular flexibility index (Phi) is 5.56. The predicted molar refractivity (Wildman–Crippen MR) is 117 cm³/mol. The van der Waals surface area contributed by atoms with Crippen LogP contribution in [0.25, 0.3) is 16.8 Å². The summed E-state index contributed by atoms with van der Waals surface area (Å²) in [5, 5.41) is 11.5. The second-order valence-electron chi connectivity index (χ2n) is 6.36. The Balaban J connectivity index is 1.56. The SMILES string of the molecule is COc1ccc(NC(=O)Cn2ncn3nc(-c4ccc(Br)cc4)cc3c2=O)cc1Cl. The van der Waals surface area contributed by atoms with Crippen LogP contribution < -0.4 is 15.6 Å². The van der Waals surface area contributed by atoms with Crippen LogP contribution in [0.5, 0.6) is 5.75 Å². The van der Waals surface area contributed by atoms with E-state index in [4.69, 9.17) is 16.3 Å². The Hall–Kier alpha value is -3.17. The predicted octanol–water partition coefficient (Wildman–Crippen LogP) is 3.62. The van der Waals surface area contributed by atoms with E-state index >= 15 is 0 Å². The zero-order valence-electron chi connectivity index (χ0n) is 15.7. The maximum atomic E-state index is 12.8. The van der Waals surface area contributed by atoms with Gasteiger partial charge in [-0.15, -0.1) is 0 Å². The summed E-state index contributed by atoms with van der Waals surface area (Å²) in [6, 6.07) is 14.1. The fourth-order valence-corrected chi connectivity index (χ4v) is 3.42. The maximum absolute atomic E-state index is 12.8. The van der Waals surface area contributed by atoms with Crippen LogP contribution in [0.4, 0.5) is 5.69 Å². The Labute approximate surface area is 184 Å². The Morgan fingerprint density at radius 2 is 1.97 bits per heavy atom. The van der Waals surface area contributed by atoms with Crippen molar-refractivity contribution in [1.82, 2.24) is 19.4 Å². The third-order valence-corrected chi connectivity index (χ3v) is 5.18. The molecule has 0 saturated carbocycles. The molecule has 0 aliphatic rings. The standard InChI is InChI=1S/C20H15BrClN5O3/c1-30-18-7-6-14(8-15(18)22)24-19(28)10-26-20(29)17-9-16(25-27(17)11-23-26)12-2-4-13(21)5-3-12/h2-9,11H,10H2,1H3,(H,24,28). The largest absolute Gasteiger partial charge is 0.495 e. The average molecular weight is 489 g/mol.